The van der Waals surface area contributed by atoms with Crippen molar-refractivity contribution in [2.45, 2.75) is 6.42 Å². The Balaban J connectivity index is 1.53. The molecule has 0 radical (unpaired) electrons. The van der Waals surface area contributed by atoms with E-state index in [1.807, 2.05) is 54.6 Å². The third-order valence-electron chi connectivity index (χ3n) is 4.68. The molecule has 2 heterocycles. The van der Waals surface area contributed by atoms with Crippen molar-refractivity contribution in [1.82, 2.24) is 9.97 Å². The first-order valence-electron chi connectivity index (χ1n) is 8.65. The summed E-state index contributed by atoms with van der Waals surface area (Å²) in [6.45, 7) is 0. The summed E-state index contributed by atoms with van der Waals surface area (Å²) in [4.78, 5) is 8.29. The van der Waals surface area contributed by atoms with E-state index in [1.54, 1.807) is 0 Å². The average molecular weight is 355 g/mol. The van der Waals surface area contributed by atoms with E-state index in [-0.39, 0.29) is 5.95 Å². The highest BCUT2D eigenvalue weighted by Crippen LogP contribution is 2.43. The Hall–Kier alpha value is -3.80. The number of fused-ring (bicyclic) bond motifs is 3. The topological polar surface area (TPSA) is 99.1 Å². The van der Waals surface area contributed by atoms with E-state index < -0.39 is 0 Å². The second kappa shape index (κ2) is 5.88. The van der Waals surface area contributed by atoms with E-state index in [9.17, 15) is 0 Å². The van der Waals surface area contributed by atoms with Crippen molar-refractivity contribution in [3.8, 4) is 11.5 Å². The fraction of sp³-hybridized carbons (Fsp3) is 0.0476. The second-order valence-electron chi connectivity index (χ2n) is 6.51. The number of rotatable bonds is 2. The Morgan fingerprint density at radius 3 is 2.67 bits per heavy atom. The van der Waals surface area contributed by atoms with Crippen LogP contribution in [0.4, 0.5) is 23.1 Å². The molecule has 4 aromatic rings. The second-order valence-corrected chi connectivity index (χ2v) is 6.51. The number of hydrogen-bond acceptors (Lipinski definition) is 6. The molecule has 0 saturated carbocycles. The van der Waals surface area contributed by atoms with Crippen molar-refractivity contribution in [3.63, 3.8) is 0 Å². The highest BCUT2D eigenvalue weighted by Gasteiger charge is 2.19. The van der Waals surface area contributed by atoms with Gasteiger partial charge in [0.1, 0.15) is 5.82 Å². The molecule has 0 atom stereocenters. The predicted molar refractivity (Wildman–Crippen MR) is 107 cm³/mol. The van der Waals surface area contributed by atoms with E-state index in [1.165, 1.54) is 0 Å². The zero-order valence-electron chi connectivity index (χ0n) is 14.4. The maximum absolute atomic E-state index is 6.04. The van der Waals surface area contributed by atoms with E-state index >= 15 is 0 Å². The molecule has 6 heteroatoms. The van der Waals surface area contributed by atoms with Crippen LogP contribution in [0.1, 0.15) is 11.1 Å². The van der Waals surface area contributed by atoms with Crippen LogP contribution in [0, 0.1) is 0 Å². The van der Waals surface area contributed by atoms with Gasteiger partial charge >= 0.3 is 0 Å². The van der Waals surface area contributed by atoms with Gasteiger partial charge in [-0.2, -0.15) is 4.98 Å². The zero-order chi connectivity index (χ0) is 18.4. The molecule has 27 heavy (non-hydrogen) atoms. The number of benzene rings is 3. The van der Waals surface area contributed by atoms with Gasteiger partial charge < -0.3 is 21.5 Å². The van der Waals surface area contributed by atoms with Crippen LogP contribution in [0.25, 0.3) is 10.9 Å². The highest BCUT2D eigenvalue weighted by atomic mass is 16.5. The lowest BCUT2D eigenvalue weighted by molar-refractivity contribution is 0.480. The normalized spacial score (nSPS) is 12.0. The minimum Gasteiger partial charge on any atom is -0.453 e. The van der Waals surface area contributed by atoms with Crippen LogP contribution in [-0.4, -0.2) is 9.97 Å². The molecule has 1 aliphatic heterocycles. The predicted octanol–water partition coefficient (Wildman–Crippen LogP) is 4.23. The number of nitrogens with zero attached hydrogens (tertiary/aromatic N) is 2. The summed E-state index contributed by atoms with van der Waals surface area (Å²) in [5, 5.41) is 4.30. The number of hydrogen-bond donors (Lipinski definition) is 3. The molecular formula is C21H17N5O. The van der Waals surface area contributed by atoms with Gasteiger partial charge in [0.2, 0.25) is 5.95 Å². The van der Waals surface area contributed by atoms with Crippen molar-refractivity contribution in [2.24, 2.45) is 0 Å². The molecular weight excluding hydrogens is 338 g/mol. The third kappa shape index (κ3) is 2.67. The third-order valence-corrected chi connectivity index (χ3v) is 4.68. The highest BCUT2D eigenvalue weighted by molar-refractivity contribution is 5.89. The van der Waals surface area contributed by atoms with Gasteiger partial charge in [0.25, 0.3) is 0 Å². The van der Waals surface area contributed by atoms with Crippen molar-refractivity contribution >= 4 is 34.0 Å². The molecule has 132 valence electrons. The summed E-state index contributed by atoms with van der Waals surface area (Å²) < 4.78 is 6.04. The molecule has 0 amide bonds. The maximum Gasteiger partial charge on any atom is 0.222 e. The number of ether oxygens (including phenoxy) is 1. The molecule has 0 fully saturated rings. The Morgan fingerprint density at radius 2 is 1.74 bits per heavy atom. The number of para-hydroxylation sites is 3. The maximum atomic E-state index is 6.04. The Kier molecular flexibility index (Phi) is 3.36. The lowest BCUT2D eigenvalue weighted by atomic mass is 10.0. The molecule has 0 aliphatic carbocycles. The van der Waals surface area contributed by atoms with Crippen LogP contribution >= 0.6 is 0 Å². The standard InChI is InChI=1S/C21H17N5O/c22-20-14-11-12(8-9-15(14)25-21(23)26-20)10-13-4-3-7-18-19(13)24-16-5-1-2-6-17(16)27-18/h1-9,11,24H,10H2,(H4,22,23,25,26). The molecule has 6 nitrogen and oxygen atoms in total. The van der Waals surface area contributed by atoms with Crippen molar-refractivity contribution in [1.29, 1.82) is 0 Å². The van der Waals surface area contributed by atoms with Crippen LogP contribution in [0.2, 0.25) is 0 Å². The monoisotopic (exact) mass is 355 g/mol. The first-order chi connectivity index (χ1) is 13.2. The van der Waals surface area contributed by atoms with Gasteiger partial charge in [-0.3, -0.25) is 0 Å². The van der Waals surface area contributed by atoms with Crippen LogP contribution in [0.5, 0.6) is 11.5 Å². The fourth-order valence-corrected chi connectivity index (χ4v) is 3.41. The zero-order valence-corrected chi connectivity index (χ0v) is 14.4. The number of nitrogens with one attached hydrogen (secondary N) is 1. The molecule has 0 bridgehead atoms. The van der Waals surface area contributed by atoms with Crippen LogP contribution in [0.15, 0.2) is 60.7 Å². The van der Waals surface area contributed by atoms with E-state index in [0.29, 0.717) is 5.82 Å². The van der Waals surface area contributed by atoms with Gasteiger partial charge in [0, 0.05) is 5.39 Å². The summed E-state index contributed by atoms with van der Waals surface area (Å²) in [5.41, 5.74) is 16.6. The Labute approximate surface area is 155 Å². The minimum absolute atomic E-state index is 0.185. The lowest BCUT2D eigenvalue weighted by Crippen LogP contribution is -2.06. The van der Waals surface area contributed by atoms with Gasteiger partial charge in [-0.25, -0.2) is 4.98 Å². The van der Waals surface area contributed by atoms with Crippen LogP contribution in [0.3, 0.4) is 0 Å². The molecule has 1 aromatic heterocycles. The lowest BCUT2D eigenvalue weighted by Gasteiger charge is -2.24. The Morgan fingerprint density at radius 1 is 0.889 bits per heavy atom. The quantitative estimate of drug-likeness (QED) is 0.438. The smallest absolute Gasteiger partial charge is 0.222 e. The number of anilines is 4. The van der Waals surface area contributed by atoms with Gasteiger partial charge in [0.15, 0.2) is 11.5 Å². The summed E-state index contributed by atoms with van der Waals surface area (Å²) >= 11 is 0. The molecule has 5 rings (SSSR count). The number of nitrogens with two attached hydrogens (primary N) is 2. The van der Waals surface area contributed by atoms with Gasteiger partial charge in [0.05, 0.1) is 16.9 Å². The summed E-state index contributed by atoms with van der Waals surface area (Å²) in [6, 6.07) is 19.9. The molecule has 5 N–H and O–H groups in total. The van der Waals surface area contributed by atoms with Crippen molar-refractivity contribution in [2.75, 3.05) is 16.8 Å². The van der Waals surface area contributed by atoms with E-state index in [2.05, 4.69) is 21.4 Å². The SMILES string of the molecule is Nc1nc(N)c2cc(Cc3cccc4c3Nc3ccccc3O4)ccc2n1. The van der Waals surface area contributed by atoms with E-state index in [0.717, 1.165) is 51.3 Å². The largest absolute Gasteiger partial charge is 0.453 e. The summed E-state index contributed by atoms with van der Waals surface area (Å²) in [5.74, 6) is 2.23. The molecule has 0 unspecified atom stereocenters. The van der Waals surface area contributed by atoms with Crippen molar-refractivity contribution in [3.05, 3.63) is 71.8 Å². The molecule has 3 aromatic carbocycles. The fourth-order valence-electron chi connectivity index (χ4n) is 3.41. The van der Waals surface area contributed by atoms with Crippen LogP contribution < -0.4 is 21.5 Å². The molecule has 0 saturated heterocycles. The number of aromatic nitrogens is 2. The average Bonchev–Trinajstić information content (AvgIpc) is 2.67. The molecule has 1 aliphatic rings. The first-order valence-corrected chi connectivity index (χ1v) is 8.65. The first kappa shape index (κ1) is 15.5. The van der Waals surface area contributed by atoms with Gasteiger partial charge in [-0.05, 0) is 47.9 Å². The van der Waals surface area contributed by atoms with E-state index in [4.69, 9.17) is 16.2 Å². The summed E-state index contributed by atoms with van der Waals surface area (Å²) in [7, 11) is 0. The van der Waals surface area contributed by atoms with Crippen LogP contribution in [-0.2, 0) is 6.42 Å². The van der Waals surface area contributed by atoms with Crippen molar-refractivity contribution < 1.29 is 4.74 Å². The van der Waals surface area contributed by atoms with Gasteiger partial charge in [-0.15, -0.1) is 0 Å². The Bertz CT molecular complexity index is 1190. The minimum atomic E-state index is 0.185. The molecule has 0 spiro atoms. The van der Waals surface area contributed by atoms with Gasteiger partial charge in [-0.1, -0.05) is 30.3 Å². The summed E-state index contributed by atoms with van der Waals surface area (Å²) in [6.07, 6.45) is 0.724. The number of nitrogen functional groups attached to an aromatic ring is 2.